The number of thiazole rings is 1. The molecule has 6 heteroatoms. The van der Waals surface area contributed by atoms with Gasteiger partial charge in [0.25, 0.3) is 5.56 Å². The molecule has 0 bridgehead atoms. The lowest BCUT2D eigenvalue weighted by Crippen LogP contribution is -2.19. The third-order valence-electron chi connectivity index (χ3n) is 4.64. The highest BCUT2D eigenvalue weighted by atomic mass is 32.1. The van der Waals surface area contributed by atoms with E-state index in [9.17, 15) is 4.79 Å². The molecule has 28 heavy (non-hydrogen) atoms. The van der Waals surface area contributed by atoms with E-state index in [2.05, 4.69) is 22.0 Å². The normalized spacial score (nSPS) is 12.0. The van der Waals surface area contributed by atoms with Crippen LogP contribution in [0.1, 0.15) is 37.1 Å². The molecule has 0 saturated carbocycles. The van der Waals surface area contributed by atoms with Gasteiger partial charge in [-0.15, -0.1) is 0 Å². The summed E-state index contributed by atoms with van der Waals surface area (Å²) in [5, 5.41) is 3.94. The van der Waals surface area contributed by atoms with E-state index in [1.54, 1.807) is 4.68 Å². The Hall–Kier alpha value is -2.99. The number of nitrogens with one attached hydrogen (secondary N) is 1. The van der Waals surface area contributed by atoms with Crippen molar-refractivity contribution in [1.82, 2.24) is 14.8 Å². The van der Waals surface area contributed by atoms with Gasteiger partial charge in [0.15, 0.2) is 0 Å². The van der Waals surface area contributed by atoms with E-state index in [4.69, 9.17) is 0 Å². The molecule has 4 aromatic rings. The molecule has 1 N–H and O–H groups in total. The van der Waals surface area contributed by atoms with Gasteiger partial charge in [0.05, 0.1) is 22.3 Å². The molecular formula is C22H22N4OS. The standard InChI is InChI=1S/C22H22N4OS/c1-3-9-18-20(15(2)23-14-16-10-5-4-6-11-16)21(27)26(25-18)22-24-17-12-7-8-13-19(17)28-22/h4-8,10-13,25H,3,9,14H2,1-2H3. The number of para-hydroxylation sites is 1. The lowest BCUT2D eigenvalue weighted by atomic mass is 10.1. The van der Waals surface area contributed by atoms with Crippen LogP contribution >= 0.6 is 11.3 Å². The largest absolute Gasteiger partial charge is 0.292 e. The summed E-state index contributed by atoms with van der Waals surface area (Å²) in [6.45, 7) is 4.58. The number of benzene rings is 2. The molecule has 2 aromatic carbocycles. The fourth-order valence-corrected chi connectivity index (χ4v) is 4.17. The van der Waals surface area contributed by atoms with Crippen LogP contribution in [0.2, 0.25) is 0 Å². The summed E-state index contributed by atoms with van der Waals surface area (Å²) in [6, 6.07) is 18.0. The van der Waals surface area contributed by atoms with E-state index in [1.807, 2.05) is 61.5 Å². The number of fused-ring (bicyclic) bond motifs is 1. The number of aryl methyl sites for hydroxylation is 1. The zero-order valence-electron chi connectivity index (χ0n) is 16.0. The molecule has 0 amide bonds. The molecule has 0 radical (unpaired) electrons. The molecule has 2 heterocycles. The summed E-state index contributed by atoms with van der Waals surface area (Å²) >= 11 is 1.51. The van der Waals surface area contributed by atoms with Gasteiger partial charge in [-0.1, -0.05) is 67.1 Å². The van der Waals surface area contributed by atoms with Crippen LogP contribution in [0.4, 0.5) is 0 Å². The zero-order chi connectivity index (χ0) is 19.5. The van der Waals surface area contributed by atoms with Gasteiger partial charge in [0.2, 0.25) is 5.13 Å². The molecule has 2 aromatic heterocycles. The van der Waals surface area contributed by atoms with Crippen LogP contribution in [0.5, 0.6) is 0 Å². The summed E-state index contributed by atoms with van der Waals surface area (Å²) in [7, 11) is 0. The average Bonchev–Trinajstić information content (AvgIpc) is 3.28. The van der Waals surface area contributed by atoms with Gasteiger partial charge in [-0.25, -0.2) is 4.98 Å². The second-order valence-electron chi connectivity index (χ2n) is 6.71. The van der Waals surface area contributed by atoms with E-state index in [1.165, 1.54) is 11.3 Å². The Morgan fingerprint density at radius 3 is 2.64 bits per heavy atom. The number of nitrogens with zero attached hydrogens (tertiary/aromatic N) is 3. The van der Waals surface area contributed by atoms with Crippen LogP contribution in [0, 0.1) is 0 Å². The molecule has 4 rings (SSSR count). The van der Waals surface area contributed by atoms with E-state index in [-0.39, 0.29) is 5.56 Å². The van der Waals surface area contributed by atoms with Gasteiger partial charge in [-0.2, -0.15) is 4.68 Å². The zero-order valence-corrected chi connectivity index (χ0v) is 16.8. The van der Waals surface area contributed by atoms with E-state index >= 15 is 0 Å². The van der Waals surface area contributed by atoms with Gasteiger partial charge in [0.1, 0.15) is 0 Å². The van der Waals surface area contributed by atoms with Crippen molar-refractivity contribution in [1.29, 1.82) is 0 Å². The van der Waals surface area contributed by atoms with E-state index < -0.39 is 0 Å². The Morgan fingerprint density at radius 1 is 1.14 bits per heavy atom. The third-order valence-corrected chi connectivity index (χ3v) is 5.66. The molecule has 0 spiro atoms. The highest BCUT2D eigenvalue weighted by molar-refractivity contribution is 7.20. The summed E-state index contributed by atoms with van der Waals surface area (Å²) in [4.78, 5) is 22.5. The molecule has 0 aliphatic heterocycles. The quantitative estimate of drug-likeness (QED) is 0.484. The summed E-state index contributed by atoms with van der Waals surface area (Å²) in [5.74, 6) is 0. The van der Waals surface area contributed by atoms with Crippen LogP contribution in [0.25, 0.3) is 15.3 Å². The highest BCUT2D eigenvalue weighted by Gasteiger charge is 2.19. The maximum Gasteiger partial charge on any atom is 0.282 e. The predicted octanol–water partition coefficient (Wildman–Crippen LogP) is 4.74. The topological polar surface area (TPSA) is 63.0 Å². The van der Waals surface area contributed by atoms with Crippen molar-refractivity contribution in [3.63, 3.8) is 0 Å². The molecule has 5 nitrogen and oxygen atoms in total. The second kappa shape index (κ2) is 7.94. The summed E-state index contributed by atoms with van der Waals surface area (Å²) in [6.07, 6.45) is 1.74. The molecular weight excluding hydrogens is 368 g/mol. The maximum atomic E-state index is 13.2. The third kappa shape index (κ3) is 3.55. The monoisotopic (exact) mass is 390 g/mol. The van der Waals surface area contributed by atoms with Crippen LogP contribution in [-0.4, -0.2) is 20.5 Å². The van der Waals surface area contributed by atoms with Crippen molar-refractivity contribution >= 4 is 27.3 Å². The maximum absolute atomic E-state index is 13.2. The lowest BCUT2D eigenvalue weighted by Gasteiger charge is -2.01. The van der Waals surface area contributed by atoms with E-state index in [0.29, 0.717) is 17.2 Å². The first-order valence-corrected chi connectivity index (χ1v) is 10.2. The second-order valence-corrected chi connectivity index (χ2v) is 7.72. The number of hydrogen-bond donors (Lipinski definition) is 1. The number of hydrogen-bond acceptors (Lipinski definition) is 4. The molecule has 142 valence electrons. The van der Waals surface area contributed by atoms with Gasteiger partial charge < -0.3 is 0 Å². The minimum absolute atomic E-state index is 0.0863. The number of aromatic nitrogens is 3. The Balaban J connectivity index is 1.75. The molecule has 0 aliphatic rings. The first-order chi connectivity index (χ1) is 13.7. The molecule has 0 fully saturated rings. The van der Waals surface area contributed by atoms with Crippen molar-refractivity contribution in [3.05, 3.63) is 81.8 Å². The number of aromatic amines is 1. The molecule has 0 aliphatic carbocycles. The number of rotatable bonds is 6. The van der Waals surface area contributed by atoms with Crippen LogP contribution in [-0.2, 0) is 13.0 Å². The predicted molar refractivity (Wildman–Crippen MR) is 116 cm³/mol. The minimum Gasteiger partial charge on any atom is -0.292 e. The molecule has 0 saturated heterocycles. The van der Waals surface area contributed by atoms with Gasteiger partial charge in [0, 0.05) is 11.4 Å². The first-order valence-electron chi connectivity index (χ1n) is 9.42. The Morgan fingerprint density at radius 2 is 1.89 bits per heavy atom. The Kier molecular flexibility index (Phi) is 5.21. The first kappa shape index (κ1) is 18.4. The average molecular weight is 391 g/mol. The fourth-order valence-electron chi connectivity index (χ4n) is 3.25. The van der Waals surface area contributed by atoms with Crippen molar-refractivity contribution in [2.75, 3.05) is 0 Å². The minimum atomic E-state index is -0.0863. The van der Waals surface area contributed by atoms with Crippen LogP contribution in [0.3, 0.4) is 0 Å². The summed E-state index contributed by atoms with van der Waals surface area (Å²) < 4.78 is 2.62. The molecule has 0 unspecified atom stereocenters. The fraction of sp³-hybridized carbons (Fsp3) is 0.227. The highest BCUT2D eigenvalue weighted by Crippen LogP contribution is 2.24. The van der Waals surface area contributed by atoms with Gasteiger partial charge >= 0.3 is 0 Å². The number of aliphatic imine (C=N–C) groups is 1. The van der Waals surface area contributed by atoms with Gasteiger partial charge in [-0.05, 0) is 31.0 Å². The summed E-state index contributed by atoms with van der Waals surface area (Å²) in [5.41, 5.74) is 4.28. The van der Waals surface area contributed by atoms with Crippen LogP contribution in [0.15, 0.2) is 64.4 Å². The lowest BCUT2D eigenvalue weighted by molar-refractivity contribution is 0.790. The van der Waals surface area contributed by atoms with Crippen LogP contribution < -0.4 is 5.56 Å². The Labute approximate surface area is 167 Å². The Bertz CT molecular complexity index is 1150. The van der Waals surface area contributed by atoms with Crippen molar-refractivity contribution in [3.8, 4) is 5.13 Å². The smallest absolute Gasteiger partial charge is 0.282 e. The number of H-pyrrole nitrogens is 1. The van der Waals surface area contributed by atoms with Crippen molar-refractivity contribution < 1.29 is 0 Å². The van der Waals surface area contributed by atoms with Crippen molar-refractivity contribution in [2.24, 2.45) is 4.99 Å². The van der Waals surface area contributed by atoms with E-state index in [0.717, 1.165) is 40.0 Å². The molecule has 0 atom stereocenters. The van der Waals surface area contributed by atoms with Gasteiger partial charge in [-0.3, -0.25) is 14.9 Å². The van der Waals surface area contributed by atoms with Crippen molar-refractivity contribution in [2.45, 2.75) is 33.2 Å². The SMILES string of the molecule is CCCc1[nH]n(-c2nc3ccccc3s2)c(=O)c1C(C)=NCc1ccccc1.